The van der Waals surface area contributed by atoms with E-state index >= 15 is 0 Å². The van der Waals surface area contributed by atoms with E-state index in [9.17, 15) is 9.90 Å². The molecule has 0 aliphatic heterocycles. The van der Waals surface area contributed by atoms with Crippen LogP contribution in [0, 0.1) is 4.51 Å². The molecule has 1 amide bonds. The quantitative estimate of drug-likeness (QED) is 0.340. The van der Waals surface area contributed by atoms with Crippen molar-refractivity contribution >= 4 is 29.3 Å². The van der Waals surface area contributed by atoms with E-state index in [4.69, 9.17) is 16.6 Å². The van der Waals surface area contributed by atoms with E-state index < -0.39 is 11.6 Å². The summed E-state index contributed by atoms with van der Waals surface area (Å²) in [6.07, 6.45) is 1.65. The van der Waals surface area contributed by atoms with Gasteiger partial charge in [0.2, 0.25) is 0 Å². The fourth-order valence-electron chi connectivity index (χ4n) is 4.37. The number of nitrogens with one attached hydrogen (secondary N) is 1. The van der Waals surface area contributed by atoms with E-state index in [1.165, 1.54) is 0 Å². The maximum Gasteiger partial charge on any atom is 0.405 e. The van der Waals surface area contributed by atoms with Gasteiger partial charge in [-0.3, -0.25) is 0 Å². The van der Waals surface area contributed by atoms with Crippen molar-refractivity contribution in [3.63, 3.8) is 0 Å². The van der Waals surface area contributed by atoms with Crippen LogP contribution in [0.1, 0.15) is 24.8 Å². The lowest BCUT2D eigenvalue weighted by molar-refractivity contribution is 0.144. The minimum absolute atomic E-state index is 0.489. The molecule has 1 aliphatic rings. The van der Waals surface area contributed by atoms with Crippen molar-refractivity contribution in [3.8, 4) is 22.5 Å². The van der Waals surface area contributed by atoms with Crippen LogP contribution in [0.5, 0.6) is 0 Å². The standard InChI is InChI=1S/C26H21NO3S/c28-25(29)27-26(15-6-16-26)19-13-11-17(12-14-19)22-23(18-7-2-1-3-8-18)30-21-10-5-4-9-20(21)24(22)31/h1-5,7-14,27H,6,15-16H2,(H,28,29). The normalized spacial score (nSPS) is 14.7. The Hall–Kier alpha value is -3.44. The number of hydrogen-bond acceptors (Lipinski definition) is 3. The van der Waals surface area contributed by atoms with Gasteiger partial charge in [-0.25, -0.2) is 4.79 Å². The molecule has 0 atom stereocenters. The third-order valence-corrected chi connectivity index (χ3v) is 6.54. The fourth-order valence-corrected chi connectivity index (χ4v) is 4.75. The van der Waals surface area contributed by atoms with Gasteiger partial charge in [0.15, 0.2) is 0 Å². The molecular weight excluding hydrogens is 406 g/mol. The Kier molecular flexibility index (Phi) is 4.83. The Bertz CT molecular complexity index is 1320. The molecule has 0 bridgehead atoms. The van der Waals surface area contributed by atoms with Crippen molar-refractivity contribution in [2.24, 2.45) is 0 Å². The first-order valence-corrected chi connectivity index (χ1v) is 10.7. The Morgan fingerprint density at radius 3 is 2.23 bits per heavy atom. The molecule has 5 heteroatoms. The van der Waals surface area contributed by atoms with Gasteiger partial charge in [-0.1, -0.05) is 78.9 Å². The largest absolute Gasteiger partial charge is 0.465 e. The second-order valence-electron chi connectivity index (χ2n) is 7.94. The third kappa shape index (κ3) is 3.41. The molecule has 2 N–H and O–H groups in total. The van der Waals surface area contributed by atoms with Gasteiger partial charge < -0.3 is 14.8 Å². The van der Waals surface area contributed by atoms with Gasteiger partial charge >= 0.3 is 6.09 Å². The van der Waals surface area contributed by atoms with Crippen LogP contribution < -0.4 is 5.32 Å². The van der Waals surface area contributed by atoms with Crippen molar-refractivity contribution in [2.45, 2.75) is 24.8 Å². The molecule has 3 aromatic carbocycles. The number of amides is 1. The number of rotatable bonds is 4. The van der Waals surface area contributed by atoms with Gasteiger partial charge in [0.05, 0.1) is 10.0 Å². The van der Waals surface area contributed by atoms with E-state index in [0.29, 0.717) is 0 Å². The molecule has 1 saturated carbocycles. The number of para-hydroxylation sites is 1. The van der Waals surface area contributed by atoms with Crippen LogP contribution in [-0.2, 0) is 5.54 Å². The highest BCUT2D eigenvalue weighted by Gasteiger charge is 2.40. The summed E-state index contributed by atoms with van der Waals surface area (Å²) in [4.78, 5) is 11.3. The van der Waals surface area contributed by atoms with Gasteiger partial charge in [-0.05, 0) is 42.5 Å². The second kappa shape index (κ2) is 7.67. The van der Waals surface area contributed by atoms with Crippen LogP contribution in [0.4, 0.5) is 4.79 Å². The molecule has 4 nitrogen and oxygen atoms in total. The zero-order chi connectivity index (χ0) is 21.4. The van der Waals surface area contributed by atoms with E-state index in [2.05, 4.69) is 5.32 Å². The highest BCUT2D eigenvalue weighted by Crippen LogP contribution is 2.43. The molecule has 154 valence electrons. The van der Waals surface area contributed by atoms with E-state index in [1.54, 1.807) is 0 Å². The van der Waals surface area contributed by atoms with Crippen LogP contribution in [0.3, 0.4) is 0 Å². The molecule has 5 rings (SSSR count). The Labute approximate surface area is 185 Å². The molecule has 0 saturated heterocycles. The molecule has 1 aliphatic carbocycles. The number of carbonyl (C=O) groups is 1. The van der Waals surface area contributed by atoms with E-state index in [1.807, 2.05) is 78.9 Å². The summed E-state index contributed by atoms with van der Waals surface area (Å²) in [7, 11) is 0. The van der Waals surface area contributed by atoms with Crippen LogP contribution in [-0.4, -0.2) is 11.2 Å². The average Bonchev–Trinajstić information content (AvgIpc) is 2.77. The van der Waals surface area contributed by atoms with Crippen molar-refractivity contribution in [3.05, 3.63) is 88.9 Å². The lowest BCUT2D eigenvalue weighted by Crippen LogP contribution is -2.50. The number of hydrogen-bond donors (Lipinski definition) is 2. The Morgan fingerprint density at radius 2 is 1.58 bits per heavy atom. The predicted molar refractivity (Wildman–Crippen MR) is 125 cm³/mol. The molecule has 4 aromatic rings. The third-order valence-electron chi connectivity index (χ3n) is 6.11. The summed E-state index contributed by atoms with van der Waals surface area (Å²) in [5.74, 6) is 0.735. The molecule has 1 aromatic heterocycles. The molecular formula is C26H21NO3S. The van der Waals surface area contributed by atoms with Gasteiger partial charge in [0.25, 0.3) is 0 Å². The lowest BCUT2D eigenvalue weighted by Gasteiger charge is -2.42. The fraction of sp³-hybridized carbons (Fsp3) is 0.154. The maximum absolute atomic E-state index is 11.3. The smallest absolute Gasteiger partial charge is 0.405 e. The van der Waals surface area contributed by atoms with Crippen molar-refractivity contribution in [1.29, 1.82) is 0 Å². The Morgan fingerprint density at radius 1 is 0.903 bits per heavy atom. The summed E-state index contributed by atoms with van der Waals surface area (Å²) in [5, 5.41) is 12.9. The second-order valence-corrected chi connectivity index (χ2v) is 8.35. The minimum Gasteiger partial charge on any atom is -0.465 e. The summed E-state index contributed by atoms with van der Waals surface area (Å²) in [5.41, 5.74) is 4.03. The molecule has 31 heavy (non-hydrogen) atoms. The predicted octanol–water partition coefficient (Wildman–Crippen LogP) is 7.14. The zero-order valence-corrected chi connectivity index (χ0v) is 17.6. The molecule has 1 heterocycles. The van der Waals surface area contributed by atoms with E-state index in [-0.39, 0.29) is 0 Å². The first-order valence-electron chi connectivity index (χ1n) is 10.3. The average molecular weight is 428 g/mol. The van der Waals surface area contributed by atoms with Gasteiger partial charge in [0.1, 0.15) is 11.3 Å². The number of carboxylic acid groups (broad SMARTS) is 1. The van der Waals surface area contributed by atoms with Crippen LogP contribution >= 0.6 is 12.2 Å². The topological polar surface area (TPSA) is 62.5 Å². The van der Waals surface area contributed by atoms with Crippen molar-refractivity contribution in [2.75, 3.05) is 0 Å². The first kappa shape index (κ1) is 19.5. The Balaban J connectivity index is 1.67. The summed E-state index contributed by atoms with van der Waals surface area (Å²) < 4.78 is 7.09. The highest BCUT2D eigenvalue weighted by atomic mass is 32.1. The zero-order valence-electron chi connectivity index (χ0n) is 16.8. The monoisotopic (exact) mass is 427 g/mol. The summed E-state index contributed by atoms with van der Waals surface area (Å²) in [6.45, 7) is 0. The van der Waals surface area contributed by atoms with Gasteiger partial charge in [0, 0.05) is 16.5 Å². The van der Waals surface area contributed by atoms with Crippen LogP contribution in [0.15, 0.2) is 83.3 Å². The molecule has 0 radical (unpaired) electrons. The minimum atomic E-state index is -0.990. The summed E-state index contributed by atoms with van der Waals surface area (Å²) in [6, 6.07) is 25.8. The van der Waals surface area contributed by atoms with Gasteiger partial charge in [-0.15, -0.1) is 0 Å². The first-order chi connectivity index (χ1) is 15.1. The van der Waals surface area contributed by atoms with Crippen LogP contribution in [0.2, 0.25) is 0 Å². The molecule has 0 unspecified atom stereocenters. The maximum atomic E-state index is 11.3. The lowest BCUT2D eigenvalue weighted by atomic mass is 9.71. The van der Waals surface area contributed by atoms with Gasteiger partial charge in [-0.2, -0.15) is 0 Å². The molecule has 1 fully saturated rings. The number of fused-ring (bicyclic) bond motifs is 1. The van der Waals surface area contributed by atoms with Crippen molar-refractivity contribution in [1.82, 2.24) is 5.32 Å². The summed E-state index contributed by atoms with van der Waals surface area (Å²) >= 11 is 5.91. The molecule has 0 spiro atoms. The van der Waals surface area contributed by atoms with E-state index in [0.717, 1.165) is 62.8 Å². The highest BCUT2D eigenvalue weighted by molar-refractivity contribution is 7.71. The van der Waals surface area contributed by atoms with Crippen LogP contribution in [0.25, 0.3) is 33.4 Å². The van der Waals surface area contributed by atoms with Crippen molar-refractivity contribution < 1.29 is 14.3 Å². The number of benzene rings is 3. The SMILES string of the molecule is O=C(O)NC1(c2ccc(-c3c(-c4ccccc4)oc4ccccc4c3=S)cc2)CCC1.